The highest BCUT2D eigenvalue weighted by atomic mass is 127. The van der Waals surface area contributed by atoms with Gasteiger partial charge in [-0.15, -0.1) is 0 Å². The summed E-state index contributed by atoms with van der Waals surface area (Å²) < 4.78 is 12.3. The molecule has 0 saturated carbocycles. The maximum Gasteiger partial charge on any atom is 0.363 e. The molecular formula is C23H14Cl2INO3. The van der Waals surface area contributed by atoms with Crippen molar-refractivity contribution in [2.75, 3.05) is 0 Å². The molecule has 0 N–H and O–H groups in total. The molecule has 0 saturated heterocycles. The Kier molecular flexibility index (Phi) is 6.41. The molecule has 4 rings (SSSR count). The highest BCUT2D eigenvalue weighted by molar-refractivity contribution is 14.1. The molecule has 0 aliphatic carbocycles. The third-order valence-corrected chi connectivity index (χ3v) is 6.11. The van der Waals surface area contributed by atoms with Crippen molar-refractivity contribution in [2.45, 2.75) is 6.61 Å². The third kappa shape index (κ3) is 4.86. The van der Waals surface area contributed by atoms with Crippen molar-refractivity contribution in [3.63, 3.8) is 0 Å². The van der Waals surface area contributed by atoms with Crippen molar-refractivity contribution in [1.29, 1.82) is 0 Å². The number of cyclic esters (lactones) is 1. The number of benzene rings is 3. The lowest BCUT2D eigenvalue weighted by Crippen LogP contribution is -2.05. The normalized spacial score (nSPS) is 14.6. The van der Waals surface area contributed by atoms with Crippen LogP contribution in [0.25, 0.3) is 6.08 Å². The second-order valence-corrected chi connectivity index (χ2v) is 8.39. The first-order chi connectivity index (χ1) is 14.5. The number of hydrogen-bond donors (Lipinski definition) is 0. The van der Waals surface area contributed by atoms with E-state index in [-0.39, 0.29) is 11.6 Å². The monoisotopic (exact) mass is 549 g/mol. The van der Waals surface area contributed by atoms with Crippen LogP contribution in [0.5, 0.6) is 5.75 Å². The van der Waals surface area contributed by atoms with Crippen LogP contribution in [0.2, 0.25) is 10.0 Å². The number of hydrogen-bond acceptors (Lipinski definition) is 4. The molecule has 7 heteroatoms. The summed E-state index contributed by atoms with van der Waals surface area (Å²) in [6.07, 6.45) is 1.66. The molecule has 0 atom stereocenters. The van der Waals surface area contributed by atoms with E-state index in [1.54, 1.807) is 24.3 Å². The Morgan fingerprint density at radius 1 is 1.00 bits per heavy atom. The maximum absolute atomic E-state index is 12.2. The molecule has 0 radical (unpaired) electrons. The highest BCUT2D eigenvalue weighted by Gasteiger charge is 2.24. The van der Waals surface area contributed by atoms with E-state index < -0.39 is 5.97 Å². The Hall–Kier alpha value is -2.35. The van der Waals surface area contributed by atoms with E-state index >= 15 is 0 Å². The van der Waals surface area contributed by atoms with Crippen molar-refractivity contribution < 1.29 is 14.3 Å². The summed E-state index contributed by atoms with van der Waals surface area (Å²) in [7, 11) is 0. The van der Waals surface area contributed by atoms with Crippen LogP contribution in [-0.4, -0.2) is 11.9 Å². The van der Waals surface area contributed by atoms with Crippen LogP contribution in [-0.2, 0) is 16.1 Å². The summed E-state index contributed by atoms with van der Waals surface area (Å²) in [6, 6.07) is 20.4. The van der Waals surface area contributed by atoms with E-state index in [0.29, 0.717) is 22.2 Å². The van der Waals surface area contributed by atoms with E-state index in [9.17, 15) is 4.79 Å². The van der Waals surface area contributed by atoms with E-state index in [1.807, 2.05) is 48.5 Å². The van der Waals surface area contributed by atoms with Gasteiger partial charge in [0.05, 0.1) is 10.0 Å². The molecule has 0 bridgehead atoms. The first-order valence-electron chi connectivity index (χ1n) is 8.94. The third-order valence-electron chi connectivity index (χ3n) is 4.32. The van der Waals surface area contributed by atoms with Gasteiger partial charge < -0.3 is 9.47 Å². The number of aliphatic imine (C=N–C) groups is 1. The zero-order chi connectivity index (χ0) is 21.1. The molecule has 150 valence electrons. The van der Waals surface area contributed by atoms with Gasteiger partial charge in [0.15, 0.2) is 5.70 Å². The molecule has 0 unspecified atom stereocenters. The Bertz CT molecular complexity index is 1170. The molecule has 0 fully saturated rings. The number of halogens is 3. The van der Waals surface area contributed by atoms with Gasteiger partial charge in [-0.3, -0.25) is 0 Å². The lowest BCUT2D eigenvalue weighted by Gasteiger charge is -2.08. The summed E-state index contributed by atoms with van der Waals surface area (Å²) in [6.45, 7) is 0.489. The molecule has 1 heterocycles. The Labute approximate surface area is 197 Å². The molecule has 0 aromatic heterocycles. The number of carbonyl (C=O) groups excluding carboxylic acids is 1. The van der Waals surface area contributed by atoms with Gasteiger partial charge in [0, 0.05) is 14.7 Å². The van der Waals surface area contributed by atoms with Crippen molar-refractivity contribution in [3.8, 4) is 5.75 Å². The maximum atomic E-state index is 12.2. The van der Waals surface area contributed by atoms with E-state index in [2.05, 4.69) is 27.6 Å². The Morgan fingerprint density at radius 3 is 2.50 bits per heavy atom. The van der Waals surface area contributed by atoms with Crippen LogP contribution in [0.1, 0.15) is 16.7 Å². The lowest BCUT2D eigenvalue weighted by molar-refractivity contribution is -0.129. The first-order valence-corrected chi connectivity index (χ1v) is 10.8. The molecule has 3 aromatic carbocycles. The summed E-state index contributed by atoms with van der Waals surface area (Å²) in [4.78, 5) is 16.5. The van der Waals surface area contributed by atoms with Crippen molar-refractivity contribution in [3.05, 3.63) is 103 Å². The summed E-state index contributed by atoms with van der Waals surface area (Å²) in [5, 5.41) is 0.788. The molecule has 0 amide bonds. The lowest BCUT2D eigenvalue weighted by atomic mass is 10.2. The second-order valence-electron chi connectivity index (χ2n) is 6.41. The molecule has 3 aromatic rings. The van der Waals surface area contributed by atoms with Crippen LogP contribution in [0.4, 0.5) is 0 Å². The molecule has 30 heavy (non-hydrogen) atoms. The minimum absolute atomic E-state index is 0.197. The van der Waals surface area contributed by atoms with Gasteiger partial charge in [-0.25, -0.2) is 9.79 Å². The van der Waals surface area contributed by atoms with Gasteiger partial charge in [0.1, 0.15) is 12.4 Å². The van der Waals surface area contributed by atoms with Crippen molar-refractivity contribution in [2.24, 2.45) is 4.99 Å². The van der Waals surface area contributed by atoms with Gasteiger partial charge >= 0.3 is 5.97 Å². The predicted molar refractivity (Wildman–Crippen MR) is 127 cm³/mol. The fourth-order valence-electron chi connectivity index (χ4n) is 2.76. The summed E-state index contributed by atoms with van der Waals surface area (Å²) >= 11 is 14.2. The molecular weight excluding hydrogens is 536 g/mol. The quantitative estimate of drug-likeness (QED) is 0.207. The second kappa shape index (κ2) is 9.20. The van der Waals surface area contributed by atoms with Crippen LogP contribution in [0, 0.1) is 3.57 Å². The standard InChI is InChI=1S/C23H14Cl2INO3/c24-18-10-7-15(12-19(18)25)22-27-21(23(28)30-22)11-14-5-8-17(9-6-14)29-13-16-3-1-2-4-20(16)26/h1-12H,13H2/b21-11-. The van der Waals surface area contributed by atoms with Gasteiger partial charge in [-0.1, -0.05) is 53.5 Å². The largest absolute Gasteiger partial charge is 0.489 e. The fourth-order valence-corrected chi connectivity index (χ4v) is 3.60. The van der Waals surface area contributed by atoms with E-state index in [0.717, 1.165) is 20.4 Å². The minimum atomic E-state index is -0.518. The fraction of sp³-hybridized carbons (Fsp3) is 0.0435. The number of carbonyl (C=O) groups is 1. The Balaban J connectivity index is 1.47. The average Bonchev–Trinajstić information content (AvgIpc) is 3.11. The first kappa shape index (κ1) is 20.9. The molecule has 0 spiro atoms. The summed E-state index contributed by atoms with van der Waals surface area (Å²) in [5.74, 6) is 0.420. The molecule has 1 aliphatic rings. The van der Waals surface area contributed by atoms with E-state index in [1.165, 1.54) is 0 Å². The Morgan fingerprint density at radius 2 is 1.77 bits per heavy atom. The van der Waals surface area contributed by atoms with Crippen molar-refractivity contribution >= 4 is 63.7 Å². The SMILES string of the molecule is O=C1OC(c2ccc(Cl)c(Cl)c2)=N/C1=C\c1ccc(OCc2ccccc2I)cc1. The zero-order valence-electron chi connectivity index (χ0n) is 15.4. The average molecular weight is 550 g/mol. The number of esters is 1. The number of nitrogens with zero attached hydrogens (tertiary/aromatic N) is 1. The zero-order valence-corrected chi connectivity index (χ0v) is 19.1. The predicted octanol–water partition coefficient (Wildman–Crippen LogP) is 6.52. The van der Waals surface area contributed by atoms with Gasteiger partial charge in [-0.05, 0) is 70.6 Å². The summed E-state index contributed by atoms with van der Waals surface area (Å²) in [5.41, 5.74) is 2.73. The van der Waals surface area contributed by atoms with Crippen molar-refractivity contribution in [1.82, 2.24) is 0 Å². The van der Waals surface area contributed by atoms with Crippen LogP contribution >= 0.6 is 45.8 Å². The van der Waals surface area contributed by atoms with Crippen LogP contribution < -0.4 is 4.74 Å². The van der Waals surface area contributed by atoms with Gasteiger partial charge in [-0.2, -0.15) is 0 Å². The molecule has 4 nitrogen and oxygen atoms in total. The van der Waals surface area contributed by atoms with Gasteiger partial charge in [0.2, 0.25) is 5.90 Å². The topological polar surface area (TPSA) is 47.9 Å². The highest BCUT2D eigenvalue weighted by Crippen LogP contribution is 2.26. The van der Waals surface area contributed by atoms with Gasteiger partial charge in [0.25, 0.3) is 0 Å². The van der Waals surface area contributed by atoms with Crippen LogP contribution in [0.15, 0.2) is 77.4 Å². The van der Waals surface area contributed by atoms with Crippen LogP contribution in [0.3, 0.4) is 0 Å². The molecule has 1 aliphatic heterocycles. The minimum Gasteiger partial charge on any atom is -0.489 e. The van der Waals surface area contributed by atoms with E-state index in [4.69, 9.17) is 32.7 Å². The number of ether oxygens (including phenoxy) is 2. The smallest absolute Gasteiger partial charge is 0.363 e. The number of rotatable bonds is 5.